The zero-order chi connectivity index (χ0) is 15.3. The average molecular weight is 298 g/mol. The molecular weight excluding hydrogens is 280 g/mol. The monoisotopic (exact) mass is 298 g/mol. The van der Waals surface area contributed by atoms with Gasteiger partial charge < -0.3 is 5.11 Å². The smallest absolute Gasteiger partial charge is 0.303 e. The lowest BCUT2D eigenvalue weighted by molar-refractivity contribution is -0.137. The summed E-state index contributed by atoms with van der Waals surface area (Å²) in [6.07, 6.45) is 0.369. The molecule has 0 amide bonds. The minimum Gasteiger partial charge on any atom is -0.481 e. The summed E-state index contributed by atoms with van der Waals surface area (Å²) in [6.45, 7) is 3.20. The first-order valence-electron chi connectivity index (χ1n) is 6.34. The molecule has 0 aliphatic carbocycles. The van der Waals surface area contributed by atoms with Gasteiger partial charge in [-0.25, -0.2) is 8.42 Å². The molecule has 0 aliphatic rings. The molecule has 1 rings (SSSR count). The number of carboxylic acid groups (broad SMARTS) is 1. The second-order valence-corrected chi connectivity index (χ2v) is 7.29. The lowest BCUT2D eigenvalue weighted by Crippen LogP contribution is -2.14. The molecule has 0 unspecified atom stereocenters. The number of rotatable bonds is 7. The molecule has 6 heteroatoms. The summed E-state index contributed by atoms with van der Waals surface area (Å²) in [5, 5.41) is 7.98. The van der Waals surface area contributed by atoms with Crippen LogP contribution in [-0.4, -0.2) is 30.5 Å². The number of hydrogen-bond acceptors (Lipinski definition) is 4. The summed E-state index contributed by atoms with van der Waals surface area (Å²) in [5.41, 5.74) is 0.401. The second-order valence-electron chi connectivity index (χ2n) is 4.79. The van der Waals surface area contributed by atoms with Crippen molar-refractivity contribution in [3.63, 3.8) is 0 Å². The summed E-state index contributed by atoms with van der Waals surface area (Å²) in [7, 11) is -3.34. The van der Waals surface area contributed by atoms with Crippen molar-refractivity contribution in [2.45, 2.75) is 43.3 Å². The molecule has 110 valence electrons. The molecule has 0 bridgehead atoms. The molecule has 0 heterocycles. The van der Waals surface area contributed by atoms with Gasteiger partial charge in [0, 0.05) is 18.4 Å². The van der Waals surface area contributed by atoms with Crippen molar-refractivity contribution in [1.29, 1.82) is 0 Å². The van der Waals surface area contributed by atoms with Crippen LogP contribution in [0.15, 0.2) is 29.2 Å². The fourth-order valence-corrected chi connectivity index (χ4v) is 2.71. The quantitative estimate of drug-likeness (QED) is 0.780. The van der Waals surface area contributed by atoms with Gasteiger partial charge in [0.15, 0.2) is 15.6 Å². The van der Waals surface area contributed by atoms with Crippen LogP contribution in [0.3, 0.4) is 0 Å². The maximum absolute atomic E-state index is 11.9. The van der Waals surface area contributed by atoms with Crippen LogP contribution in [0.25, 0.3) is 0 Å². The number of Topliss-reactive ketones (excluding diaryl/α,β-unsaturated/α-hetero) is 1. The number of benzene rings is 1. The number of carbonyl (C=O) groups excluding carboxylic acids is 1. The molecule has 0 aromatic heterocycles. The number of ketones is 1. The Morgan fingerprint density at radius 1 is 1.10 bits per heavy atom. The Kier molecular flexibility index (Phi) is 5.44. The molecule has 0 atom stereocenters. The highest BCUT2D eigenvalue weighted by Gasteiger charge is 2.19. The van der Waals surface area contributed by atoms with E-state index >= 15 is 0 Å². The van der Waals surface area contributed by atoms with Gasteiger partial charge in [-0.1, -0.05) is 12.1 Å². The van der Waals surface area contributed by atoms with Gasteiger partial charge in [-0.2, -0.15) is 0 Å². The summed E-state index contributed by atoms with van der Waals surface area (Å²) in [6, 6.07) is 5.77. The van der Waals surface area contributed by atoms with E-state index in [9.17, 15) is 18.0 Å². The van der Waals surface area contributed by atoms with E-state index in [4.69, 9.17) is 5.11 Å². The number of carbonyl (C=O) groups is 2. The van der Waals surface area contributed by atoms with Crippen LogP contribution in [0.4, 0.5) is 0 Å². The molecule has 1 aromatic rings. The Labute approximate surface area is 118 Å². The predicted molar refractivity (Wildman–Crippen MR) is 74.6 cm³/mol. The molecule has 1 N–H and O–H groups in total. The molecule has 0 fully saturated rings. The van der Waals surface area contributed by atoms with E-state index in [-0.39, 0.29) is 29.9 Å². The van der Waals surface area contributed by atoms with Crippen molar-refractivity contribution < 1.29 is 23.1 Å². The first-order valence-corrected chi connectivity index (χ1v) is 7.88. The first kappa shape index (κ1) is 16.4. The van der Waals surface area contributed by atoms with Crippen molar-refractivity contribution in [3.8, 4) is 0 Å². The summed E-state index contributed by atoms with van der Waals surface area (Å²) in [4.78, 5) is 22.3. The highest BCUT2D eigenvalue weighted by atomic mass is 32.2. The van der Waals surface area contributed by atoms with Gasteiger partial charge in [0.1, 0.15) is 0 Å². The Balaban J connectivity index is 2.77. The molecular formula is C14H18O5S. The Bertz CT molecular complexity index is 584. The maximum Gasteiger partial charge on any atom is 0.303 e. The Morgan fingerprint density at radius 3 is 2.10 bits per heavy atom. The van der Waals surface area contributed by atoms with E-state index in [1.54, 1.807) is 13.8 Å². The van der Waals surface area contributed by atoms with Crippen LogP contribution in [0, 0.1) is 0 Å². The third-order valence-electron chi connectivity index (χ3n) is 2.92. The van der Waals surface area contributed by atoms with Crippen molar-refractivity contribution in [2.24, 2.45) is 0 Å². The zero-order valence-corrected chi connectivity index (χ0v) is 12.3. The molecule has 20 heavy (non-hydrogen) atoms. The molecule has 0 saturated heterocycles. The minimum absolute atomic E-state index is 0.0500. The van der Waals surface area contributed by atoms with E-state index in [0.29, 0.717) is 5.56 Å². The lowest BCUT2D eigenvalue weighted by atomic mass is 10.1. The van der Waals surface area contributed by atoms with Crippen molar-refractivity contribution in [1.82, 2.24) is 0 Å². The van der Waals surface area contributed by atoms with Crippen LogP contribution < -0.4 is 0 Å². The normalized spacial score (nSPS) is 11.6. The van der Waals surface area contributed by atoms with Crippen molar-refractivity contribution >= 4 is 21.6 Å². The van der Waals surface area contributed by atoms with Crippen molar-refractivity contribution in [2.75, 3.05) is 0 Å². The van der Waals surface area contributed by atoms with Gasteiger partial charge >= 0.3 is 5.97 Å². The predicted octanol–water partition coefficient (Wildman–Crippen LogP) is 2.31. The van der Waals surface area contributed by atoms with Gasteiger partial charge in [0.05, 0.1) is 10.1 Å². The number of sulfone groups is 1. The minimum atomic E-state index is -3.34. The Morgan fingerprint density at radius 2 is 1.65 bits per heavy atom. The zero-order valence-electron chi connectivity index (χ0n) is 11.5. The third kappa shape index (κ3) is 4.16. The van der Waals surface area contributed by atoms with E-state index in [1.165, 1.54) is 24.3 Å². The van der Waals surface area contributed by atoms with Gasteiger partial charge in [-0.3, -0.25) is 9.59 Å². The van der Waals surface area contributed by atoms with Gasteiger partial charge in [-0.05, 0) is 32.4 Å². The van der Waals surface area contributed by atoms with Gasteiger partial charge in [-0.15, -0.1) is 0 Å². The molecule has 0 saturated carbocycles. The van der Waals surface area contributed by atoms with Crippen LogP contribution in [-0.2, 0) is 14.6 Å². The van der Waals surface area contributed by atoms with Gasteiger partial charge in [0.2, 0.25) is 0 Å². The summed E-state index contributed by atoms with van der Waals surface area (Å²) < 4.78 is 23.8. The summed E-state index contributed by atoms with van der Waals surface area (Å²) >= 11 is 0. The fraction of sp³-hybridized carbons (Fsp3) is 0.429. The lowest BCUT2D eigenvalue weighted by Gasteiger charge is -2.08. The molecule has 5 nitrogen and oxygen atoms in total. The van der Waals surface area contributed by atoms with E-state index < -0.39 is 21.1 Å². The number of aliphatic carboxylic acids is 1. The van der Waals surface area contributed by atoms with Crippen LogP contribution in [0.2, 0.25) is 0 Å². The topological polar surface area (TPSA) is 88.5 Å². The van der Waals surface area contributed by atoms with E-state index in [2.05, 4.69) is 0 Å². The first-order chi connectivity index (χ1) is 9.25. The van der Waals surface area contributed by atoms with E-state index in [1.807, 2.05) is 0 Å². The van der Waals surface area contributed by atoms with Crippen LogP contribution in [0.1, 0.15) is 43.5 Å². The fourth-order valence-electron chi connectivity index (χ4n) is 1.65. The standard InChI is InChI=1S/C14H18O5S/c1-10(2)20(18,19)12-8-6-11(7-9-12)13(15)4-3-5-14(16)17/h6-10H,3-5H2,1-2H3,(H,16,17). The number of carboxylic acids is 1. The molecule has 1 aromatic carbocycles. The molecule has 0 aliphatic heterocycles. The second kappa shape index (κ2) is 6.65. The SMILES string of the molecule is CC(C)S(=O)(=O)c1ccc(C(=O)CCCC(=O)O)cc1. The largest absolute Gasteiger partial charge is 0.481 e. The van der Waals surface area contributed by atoms with Crippen LogP contribution >= 0.6 is 0 Å². The van der Waals surface area contributed by atoms with E-state index in [0.717, 1.165) is 0 Å². The van der Waals surface area contributed by atoms with Crippen LogP contribution in [0.5, 0.6) is 0 Å². The molecule has 0 spiro atoms. The van der Waals surface area contributed by atoms with Crippen molar-refractivity contribution in [3.05, 3.63) is 29.8 Å². The highest BCUT2D eigenvalue weighted by Crippen LogP contribution is 2.17. The highest BCUT2D eigenvalue weighted by molar-refractivity contribution is 7.92. The average Bonchev–Trinajstić information content (AvgIpc) is 2.38. The summed E-state index contributed by atoms with van der Waals surface area (Å²) in [5.74, 6) is -1.11. The Hall–Kier alpha value is -1.69. The third-order valence-corrected chi connectivity index (χ3v) is 5.09. The number of hydrogen-bond donors (Lipinski definition) is 1. The maximum atomic E-state index is 11.9. The van der Waals surface area contributed by atoms with Gasteiger partial charge in [0.25, 0.3) is 0 Å². The molecule has 0 radical (unpaired) electrons.